The van der Waals surface area contributed by atoms with Gasteiger partial charge in [0, 0.05) is 36.5 Å². The molecule has 1 aromatic carbocycles. The summed E-state index contributed by atoms with van der Waals surface area (Å²) in [7, 11) is 0. The third-order valence-corrected chi connectivity index (χ3v) is 4.41. The van der Waals surface area contributed by atoms with Gasteiger partial charge < -0.3 is 10.6 Å². The Morgan fingerprint density at radius 3 is 2.74 bits per heavy atom. The van der Waals surface area contributed by atoms with Crippen LogP contribution in [-0.2, 0) is 11.2 Å². The summed E-state index contributed by atoms with van der Waals surface area (Å²) in [6, 6.07) is 8.96. The lowest BCUT2D eigenvalue weighted by Crippen LogP contribution is -2.48. The monoisotopic (exact) mass is 330 g/mol. The van der Waals surface area contributed by atoms with E-state index in [9.17, 15) is 9.59 Å². The second kappa shape index (κ2) is 7.34. The summed E-state index contributed by atoms with van der Waals surface area (Å²) >= 11 is 1.32. The lowest BCUT2D eigenvalue weighted by Gasteiger charge is -2.26. The minimum absolute atomic E-state index is 0.0388. The summed E-state index contributed by atoms with van der Waals surface area (Å²) in [5.41, 5.74) is 1.25. The quantitative estimate of drug-likeness (QED) is 0.745. The van der Waals surface area contributed by atoms with Gasteiger partial charge in [-0.25, -0.2) is 4.98 Å². The fraction of sp³-hybridized carbons (Fsp3) is 0.312. The SMILES string of the molecule is O=C(Cc1csc(NC(=O)c2ccccc2)n1)NCC1CNC1. The van der Waals surface area contributed by atoms with Gasteiger partial charge in [0.15, 0.2) is 5.13 Å². The van der Waals surface area contributed by atoms with Crippen molar-refractivity contribution >= 4 is 28.3 Å². The fourth-order valence-electron chi connectivity index (χ4n) is 2.18. The van der Waals surface area contributed by atoms with Crippen LogP contribution in [0.3, 0.4) is 0 Å². The Bertz CT molecular complexity index is 682. The van der Waals surface area contributed by atoms with Gasteiger partial charge in [-0.05, 0) is 12.1 Å². The first-order valence-corrected chi connectivity index (χ1v) is 8.37. The number of nitrogens with zero attached hydrogens (tertiary/aromatic N) is 1. The normalized spacial score (nSPS) is 14.1. The molecule has 6 nitrogen and oxygen atoms in total. The number of anilines is 1. The zero-order valence-electron chi connectivity index (χ0n) is 12.5. The molecule has 2 amide bonds. The van der Waals surface area contributed by atoms with Crippen LogP contribution in [0.1, 0.15) is 16.1 Å². The Labute approximate surface area is 138 Å². The maximum absolute atomic E-state index is 12.0. The Morgan fingerprint density at radius 2 is 2.04 bits per heavy atom. The van der Waals surface area contributed by atoms with E-state index < -0.39 is 0 Å². The van der Waals surface area contributed by atoms with Gasteiger partial charge in [-0.3, -0.25) is 14.9 Å². The number of carbonyl (C=O) groups excluding carboxylic acids is 2. The summed E-state index contributed by atoms with van der Waals surface area (Å²) in [6.45, 7) is 2.63. The minimum atomic E-state index is -0.201. The molecule has 0 aliphatic carbocycles. The van der Waals surface area contributed by atoms with Crippen molar-refractivity contribution in [3.05, 3.63) is 47.0 Å². The summed E-state index contributed by atoms with van der Waals surface area (Å²) < 4.78 is 0. The van der Waals surface area contributed by atoms with Crippen LogP contribution in [0.25, 0.3) is 0 Å². The third kappa shape index (κ3) is 4.37. The van der Waals surface area contributed by atoms with Crippen LogP contribution in [0, 0.1) is 5.92 Å². The number of thiazole rings is 1. The van der Waals surface area contributed by atoms with Crippen molar-refractivity contribution in [1.29, 1.82) is 0 Å². The Hall–Kier alpha value is -2.25. The topological polar surface area (TPSA) is 83.1 Å². The zero-order valence-corrected chi connectivity index (χ0v) is 13.4. The Balaban J connectivity index is 1.49. The molecule has 3 rings (SSSR count). The van der Waals surface area contributed by atoms with Crippen molar-refractivity contribution in [2.24, 2.45) is 5.92 Å². The van der Waals surface area contributed by atoms with Crippen LogP contribution < -0.4 is 16.0 Å². The van der Waals surface area contributed by atoms with E-state index in [1.807, 2.05) is 18.2 Å². The van der Waals surface area contributed by atoms with Crippen LogP contribution in [-0.4, -0.2) is 36.4 Å². The second-order valence-corrected chi connectivity index (χ2v) is 6.33. The maximum Gasteiger partial charge on any atom is 0.257 e. The summed E-state index contributed by atoms with van der Waals surface area (Å²) in [4.78, 5) is 28.2. The van der Waals surface area contributed by atoms with E-state index in [1.165, 1.54) is 11.3 Å². The molecule has 2 heterocycles. The third-order valence-electron chi connectivity index (χ3n) is 3.60. The number of hydrogen-bond donors (Lipinski definition) is 3. The molecule has 0 spiro atoms. The molecule has 7 heteroatoms. The molecule has 0 radical (unpaired) electrons. The van der Waals surface area contributed by atoms with E-state index in [0.717, 1.165) is 13.1 Å². The van der Waals surface area contributed by atoms with Gasteiger partial charge in [0.1, 0.15) is 0 Å². The van der Waals surface area contributed by atoms with E-state index >= 15 is 0 Å². The molecular formula is C16H18N4O2S. The maximum atomic E-state index is 12.0. The molecule has 0 bridgehead atoms. The van der Waals surface area contributed by atoms with Gasteiger partial charge in [-0.15, -0.1) is 11.3 Å². The predicted octanol–water partition coefficient (Wildman–Crippen LogP) is 1.27. The highest BCUT2D eigenvalue weighted by atomic mass is 32.1. The van der Waals surface area contributed by atoms with Crippen LogP contribution in [0.5, 0.6) is 0 Å². The van der Waals surface area contributed by atoms with Crippen molar-refractivity contribution in [2.75, 3.05) is 25.0 Å². The van der Waals surface area contributed by atoms with Gasteiger partial charge >= 0.3 is 0 Å². The molecule has 1 aliphatic heterocycles. The van der Waals surface area contributed by atoms with Crippen molar-refractivity contribution in [1.82, 2.24) is 15.6 Å². The molecule has 0 atom stereocenters. The van der Waals surface area contributed by atoms with Crippen molar-refractivity contribution in [2.45, 2.75) is 6.42 Å². The highest BCUT2D eigenvalue weighted by Crippen LogP contribution is 2.17. The van der Waals surface area contributed by atoms with Gasteiger partial charge in [-0.1, -0.05) is 18.2 Å². The standard InChI is InChI=1S/C16H18N4O2S/c21-14(18-9-11-7-17-8-11)6-13-10-23-16(19-13)20-15(22)12-4-2-1-3-5-12/h1-5,10-11,17H,6-9H2,(H,18,21)(H,19,20,22). The first-order valence-electron chi connectivity index (χ1n) is 7.49. The molecule has 2 aromatic rings. The summed E-state index contributed by atoms with van der Waals surface area (Å²) in [6.07, 6.45) is 0.234. The second-order valence-electron chi connectivity index (χ2n) is 5.47. The van der Waals surface area contributed by atoms with Crippen molar-refractivity contribution in [3.63, 3.8) is 0 Å². The number of hydrogen-bond acceptors (Lipinski definition) is 5. The van der Waals surface area contributed by atoms with Gasteiger partial charge in [0.25, 0.3) is 5.91 Å². The van der Waals surface area contributed by atoms with Crippen LogP contribution in [0.15, 0.2) is 35.7 Å². The number of rotatable bonds is 6. The number of aromatic nitrogens is 1. The number of amides is 2. The largest absolute Gasteiger partial charge is 0.355 e. The van der Waals surface area contributed by atoms with Gasteiger partial charge in [0.05, 0.1) is 12.1 Å². The molecule has 3 N–H and O–H groups in total. The van der Waals surface area contributed by atoms with Crippen LogP contribution >= 0.6 is 11.3 Å². The summed E-state index contributed by atoms with van der Waals surface area (Å²) in [5.74, 6) is 0.298. The molecule has 1 saturated heterocycles. The van der Waals surface area contributed by atoms with Gasteiger partial charge in [-0.2, -0.15) is 0 Å². The van der Waals surface area contributed by atoms with Crippen molar-refractivity contribution < 1.29 is 9.59 Å². The first kappa shape index (κ1) is 15.6. The predicted molar refractivity (Wildman–Crippen MR) is 89.6 cm³/mol. The fourth-order valence-corrected chi connectivity index (χ4v) is 2.89. The molecule has 1 fully saturated rings. The molecular weight excluding hydrogens is 312 g/mol. The average Bonchev–Trinajstić information content (AvgIpc) is 2.93. The molecule has 1 aromatic heterocycles. The minimum Gasteiger partial charge on any atom is -0.355 e. The number of carbonyl (C=O) groups is 2. The number of benzene rings is 1. The first-order chi connectivity index (χ1) is 11.2. The van der Waals surface area contributed by atoms with Crippen LogP contribution in [0.4, 0.5) is 5.13 Å². The molecule has 120 valence electrons. The molecule has 0 unspecified atom stereocenters. The highest BCUT2D eigenvalue weighted by molar-refractivity contribution is 7.14. The van der Waals surface area contributed by atoms with Gasteiger partial charge in [0.2, 0.25) is 5.91 Å². The lowest BCUT2D eigenvalue weighted by molar-refractivity contribution is -0.120. The molecule has 23 heavy (non-hydrogen) atoms. The van der Waals surface area contributed by atoms with Crippen molar-refractivity contribution in [3.8, 4) is 0 Å². The lowest BCUT2D eigenvalue weighted by atomic mass is 10.0. The van der Waals surface area contributed by atoms with E-state index in [1.54, 1.807) is 17.5 Å². The number of nitrogens with one attached hydrogen (secondary N) is 3. The van der Waals surface area contributed by atoms with E-state index in [0.29, 0.717) is 28.9 Å². The average molecular weight is 330 g/mol. The van der Waals surface area contributed by atoms with Crippen LogP contribution in [0.2, 0.25) is 0 Å². The Kier molecular flexibility index (Phi) is 4.99. The highest BCUT2D eigenvalue weighted by Gasteiger charge is 2.17. The smallest absolute Gasteiger partial charge is 0.257 e. The van der Waals surface area contributed by atoms with E-state index in [4.69, 9.17) is 0 Å². The van der Waals surface area contributed by atoms with E-state index in [2.05, 4.69) is 20.9 Å². The summed E-state index contributed by atoms with van der Waals surface area (Å²) in [5, 5.41) is 11.1. The molecule has 1 aliphatic rings. The zero-order chi connectivity index (χ0) is 16.1. The Morgan fingerprint density at radius 1 is 1.26 bits per heavy atom. The van der Waals surface area contributed by atoms with E-state index in [-0.39, 0.29) is 18.2 Å². The molecule has 0 saturated carbocycles.